The van der Waals surface area contributed by atoms with Crippen molar-refractivity contribution in [1.29, 1.82) is 0 Å². The number of nitrogens with zero attached hydrogens (tertiary/aromatic N) is 2. The van der Waals surface area contributed by atoms with Gasteiger partial charge in [0, 0.05) is 0 Å². The van der Waals surface area contributed by atoms with Gasteiger partial charge in [0.25, 0.3) is 5.56 Å². The number of carbonyl (C=O) groups is 1. The Morgan fingerprint density at radius 1 is 1.45 bits per heavy atom. The first kappa shape index (κ1) is 16.3. The minimum atomic E-state index is -1.46. The highest BCUT2D eigenvalue weighted by molar-refractivity contribution is 5.71. The molecule has 1 aliphatic heterocycles. The number of carbonyl (C=O) groups excluding carboxylic acids is 1. The molecule has 0 amide bonds. The second kappa shape index (κ2) is 6.38. The van der Waals surface area contributed by atoms with Crippen LogP contribution in [0, 0.1) is 5.92 Å². The van der Waals surface area contributed by atoms with Gasteiger partial charge in [0.05, 0.1) is 5.92 Å². The Bertz CT molecular complexity index is 653. The molecule has 1 aromatic rings. The molecule has 0 spiro atoms. The molecular formula is C12H17N3O7. The lowest BCUT2D eigenvalue weighted by Gasteiger charge is -2.15. The summed E-state index contributed by atoms with van der Waals surface area (Å²) in [6, 6.07) is 0. The van der Waals surface area contributed by atoms with Crippen molar-refractivity contribution in [3.8, 4) is 0 Å². The average molecular weight is 315 g/mol. The summed E-state index contributed by atoms with van der Waals surface area (Å²) in [7, 11) is 0. The van der Waals surface area contributed by atoms with E-state index in [2.05, 4.69) is 5.10 Å². The number of aromatic nitrogens is 3. The number of hydrogen-bond donors (Lipinski definition) is 3. The first-order chi connectivity index (χ1) is 10.3. The van der Waals surface area contributed by atoms with Crippen LogP contribution in [0.5, 0.6) is 0 Å². The van der Waals surface area contributed by atoms with Crippen LogP contribution in [-0.2, 0) is 14.3 Å². The number of esters is 1. The smallest absolute Gasteiger partial charge is 0.347 e. The number of aliphatic hydroxyl groups is 2. The van der Waals surface area contributed by atoms with Crippen molar-refractivity contribution in [2.24, 2.45) is 5.92 Å². The van der Waals surface area contributed by atoms with Gasteiger partial charge in [-0.05, 0) is 0 Å². The summed E-state index contributed by atoms with van der Waals surface area (Å²) in [6.07, 6.45) is -4.29. The van der Waals surface area contributed by atoms with E-state index in [1.54, 1.807) is 13.8 Å². The molecular weight excluding hydrogens is 298 g/mol. The molecule has 1 fully saturated rings. The predicted molar refractivity (Wildman–Crippen MR) is 70.8 cm³/mol. The molecule has 3 N–H and O–H groups in total. The summed E-state index contributed by atoms with van der Waals surface area (Å²) in [6.45, 7) is 3.02. The van der Waals surface area contributed by atoms with Gasteiger partial charge in [0.1, 0.15) is 31.1 Å². The number of H-pyrrole nitrogens is 1. The number of nitrogens with one attached hydrogen (secondary N) is 1. The van der Waals surface area contributed by atoms with E-state index in [0.29, 0.717) is 4.68 Å². The zero-order valence-corrected chi connectivity index (χ0v) is 12.0. The van der Waals surface area contributed by atoms with Crippen LogP contribution in [-0.4, -0.2) is 55.9 Å². The van der Waals surface area contributed by atoms with Crippen LogP contribution in [0.3, 0.4) is 0 Å². The van der Waals surface area contributed by atoms with Crippen LogP contribution in [0.2, 0.25) is 0 Å². The van der Waals surface area contributed by atoms with Crippen LogP contribution in [0.15, 0.2) is 15.8 Å². The van der Waals surface area contributed by atoms with Crippen LogP contribution >= 0.6 is 0 Å². The van der Waals surface area contributed by atoms with E-state index < -0.39 is 41.8 Å². The van der Waals surface area contributed by atoms with Crippen LogP contribution < -0.4 is 11.2 Å². The summed E-state index contributed by atoms with van der Waals surface area (Å²) in [5.41, 5.74) is -1.58. The lowest BCUT2D eigenvalue weighted by Crippen LogP contribution is -2.39. The Kier molecular flexibility index (Phi) is 4.74. The zero-order valence-electron chi connectivity index (χ0n) is 12.0. The van der Waals surface area contributed by atoms with Crippen molar-refractivity contribution in [1.82, 2.24) is 14.8 Å². The van der Waals surface area contributed by atoms with E-state index in [1.165, 1.54) is 0 Å². The Hall–Kier alpha value is -2.04. The van der Waals surface area contributed by atoms with Crippen molar-refractivity contribution >= 4 is 5.97 Å². The quantitative estimate of drug-likeness (QED) is 0.529. The molecule has 4 atom stereocenters. The van der Waals surface area contributed by atoms with Gasteiger partial charge in [-0.3, -0.25) is 14.6 Å². The Morgan fingerprint density at radius 2 is 2.14 bits per heavy atom. The first-order valence-corrected chi connectivity index (χ1v) is 6.67. The van der Waals surface area contributed by atoms with Gasteiger partial charge in [0.15, 0.2) is 6.23 Å². The van der Waals surface area contributed by atoms with Gasteiger partial charge in [-0.15, -0.1) is 0 Å². The SMILES string of the molecule is CC(C)C(=O)OCC1OC(n2ncc(=O)[nH]c2=O)C(O)C1O. The summed E-state index contributed by atoms with van der Waals surface area (Å²) >= 11 is 0. The Labute approximate surface area is 124 Å². The monoisotopic (exact) mass is 315 g/mol. The number of ether oxygens (including phenoxy) is 2. The average Bonchev–Trinajstić information content (AvgIpc) is 2.73. The molecule has 0 aliphatic carbocycles. The molecule has 1 saturated heterocycles. The lowest BCUT2D eigenvalue weighted by atomic mass is 10.1. The van der Waals surface area contributed by atoms with Crippen molar-refractivity contribution in [2.45, 2.75) is 38.4 Å². The molecule has 22 heavy (non-hydrogen) atoms. The lowest BCUT2D eigenvalue weighted by molar-refractivity contribution is -0.154. The summed E-state index contributed by atoms with van der Waals surface area (Å²) in [5, 5.41) is 23.4. The first-order valence-electron chi connectivity index (χ1n) is 6.67. The maximum absolute atomic E-state index is 11.6. The second-order valence-electron chi connectivity index (χ2n) is 5.21. The van der Waals surface area contributed by atoms with E-state index in [0.717, 1.165) is 6.20 Å². The fourth-order valence-corrected chi connectivity index (χ4v) is 1.94. The maximum Gasteiger partial charge on any atom is 0.347 e. The van der Waals surface area contributed by atoms with Gasteiger partial charge in [-0.2, -0.15) is 9.78 Å². The number of aromatic amines is 1. The number of rotatable bonds is 4. The third-order valence-corrected chi connectivity index (χ3v) is 3.18. The number of hydrogen-bond acceptors (Lipinski definition) is 8. The van der Waals surface area contributed by atoms with E-state index in [-0.39, 0.29) is 12.5 Å². The number of aliphatic hydroxyl groups excluding tert-OH is 2. The largest absolute Gasteiger partial charge is 0.463 e. The highest BCUT2D eigenvalue weighted by Gasteiger charge is 2.45. The Balaban J connectivity index is 2.11. The molecule has 0 bridgehead atoms. The van der Waals surface area contributed by atoms with Crippen LogP contribution in [0.1, 0.15) is 20.1 Å². The second-order valence-corrected chi connectivity index (χ2v) is 5.21. The van der Waals surface area contributed by atoms with Crippen molar-refractivity contribution in [3.63, 3.8) is 0 Å². The molecule has 122 valence electrons. The van der Waals surface area contributed by atoms with Crippen molar-refractivity contribution in [2.75, 3.05) is 6.61 Å². The van der Waals surface area contributed by atoms with Crippen LogP contribution in [0.25, 0.3) is 0 Å². The fourth-order valence-electron chi connectivity index (χ4n) is 1.94. The van der Waals surface area contributed by atoms with Gasteiger partial charge < -0.3 is 19.7 Å². The molecule has 1 aromatic heterocycles. The van der Waals surface area contributed by atoms with Crippen molar-refractivity contribution in [3.05, 3.63) is 27.0 Å². The fraction of sp³-hybridized carbons (Fsp3) is 0.667. The third kappa shape index (κ3) is 3.24. The highest BCUT2D eigenvalue weighted by atomic mass is 16.6. The molecule has 0 radical (unpaired) electrons. The van der Waals surface area contributed by atoms with E-state index >= 15 is 0 Å². The van der Waals surface area contributed by atoms with E-state index in [4.69, 9.17) is 9.47 Å². The van der Waals surface area contributed by atoms with Gasteiger partial charge >= 0.3 is 11.7 Å². The molecule has 0 aromatic carbocycles. The molecule has 4 unspecified atom stereocenters. The summed E-state index contributed by atoms with van der Waals surface area (Å²) in [4.78, 5) is 36.0. The molecule has 2 heterocycles. The third-order valence-electron chi connectivity index (χ3n) is 3.18. The van der Waals surface area contributed by atoms with Gasteiger partial charge in [-0.25, -0.2) is 4.79 Å². The topological polar surface area (TPSA) is 144 Å². The molecule has 1 aliphatic rings. The minimum absolute atomic E-state index is 0.274. The minimum Gasteiger partial charge on any atom is -0.463 e. The highest BCUT2D eigenvalue weighted by Crippen LogP contribution is 2.27. The van der Waals surface area contributed by atoms with E-state index in [9.17, 15) is 24.6 Å². The van der Waals surface area contributed by atoms with E-state index in [1.807, 2.05) is 4.98 Å². The van der Waals surface area contributed by atoms with Crippen molar-refractivity contribution < 1.29 is 24.5 Å². The van der Waals surface area contributed by atoms with Crippen LogP contribution in [0.4, 0.5) is 0 Å². The van der Waals surface area contributed by atoms with Gasteiger partial charge in [-0.1, -0.05) is 13.8 Å². The zero-order chi connectivity index (χ0) is 16.4. The maximum atomic E-state index is 11.6. The molecule has 2 rings (SSSR count). The molecule has 0 saturated carbocycles. The summed E-state index contributed by atoms with van der Waals surface area (Å²) < 4.78 is 11.0. The molecule has 10 nitrogen and oxygen atoms in total. The normalized spacial score (nSPS) is 28.0. The standard InChI is InChI=1S/C12H17N3O7/c1-5(2)11(19)21-4-6-8(17)9(18)10(22-6)15-12(20)14-7(16)3-13-15/h3,5-6,8-10,17-18H,4H2,1-2H3,(H,14,16,20). The predicted octanol–water partition coefficient (Wildman–Crippen LogP) is -2.25. The summed E-state index contributed by atoms with van der Waals surface area (Å²) in [5.74, 6) is -0.823. The molecule has 10 heteroatoms. The van der Waals surface area contributed by atoms with Gasteiger partial charge in [0.2, 0.25) is 0 Å². The Morgan fingerprint density at radius 3 is 2.73 bits per heavy atom.